The van der Waals surface area contributed by atoms with E-state index in [-0.39, 0.29) is 29.1 Å². The van der Waals surface area contributed by atoms with Gasteiger partial charge in [-0.25, -0.2) is 9.37 Å². The van der Waals surface area contributed by atoms with Gasteiger partial charge in [0.1, 0.15) is 11.6 Å². The lowest BCUT2D eigenvalue weighted by molar-refractivity contribution is -0.0511. The maximum Gasteiger partial charge on any atom is 0.387 e. The number of methoxy groups -OCH3 is 1. The number of rotatable bonds is 7. The Morgan fingerprint density at radius 1 is 1.00 bits per heavy atom. The number of anilines is 2. The molecule has 0 aliphatic rings. The maximum atomic E-state index is 12.9. The van der Waals surface area contributed by atoms with Gasteiger partial charge in [0.15, 0.2) is 11.5 Å². The number of alkyl halides is 2. The predicted molar refractivity (Wildman–Crippen MR) is 91.4 cm³/mol. The van der Waals surface area contributed by atoms with E-state index in [1.165, 1.54) is 55.8 Å². The van der Waals surface area contributed by atoms with Gasteiger partial charge < -0.3 is 19.5 Å². The summed E-state index contributed by atoms with van der Waals surface area (Å²) in [7, 11) is 1.35. The van der Waals surface area contributed by atoms with E-state index in [4.69, 9.17) is 9.47 Å². The number of aromatic nitrogens is 2. The summed E-state index contributed by atoms with van der Waals surface area (Å²) in [5.74, 6) is 0.442. The average Bonchev–Trinajstić information content (AvgIpc) is 2.64. The van der Waals surface area contributed by atoms with Crippen molar-refractivity contribution in [2.75, 3.05) is 12.4 Å². The molecule has 1 N–H and O–H groups in total. The molecule has 140 valence electrons. The molecular formula is C18H14F3N3O3. The van der Waals surface area contributed by atoms with Crippen molar-refractivity contribution < 1.29 is 27.4 Å². The summed E-state index contributed by atoms with van der Waals surface area (Å²) in [6.07, 6.45) is 1.45. The lowest BCUT2D eigenvalue weighted by atomic mass is 10.3. The summed E-state index contributed by atoms with van der Waals surface area (Å²) in [4.78, 5) is 8.20. The predicted octanol–water partition coefficient (Wildman–Crippen LogP) is 4.76. The summed E-state index contributed by atoms with van der Waals surface area (Å²) in [6.45, 7) is -2.99. The number of hydrogen-bond donors (Lipinski definition) is 1. The van der Waals surface area contributed by atoms with Crippen LogP contribution in [0.25, 0.3) is 0 Å². The molecule has 0 amide bonds. The fourth-order valence-corrected chi connectivity index (χ4v) is 2.15. The first-order valence-corrected chi connectivity index (χ1v) is 7.70. The zero-order valence-electron chi connectivity index (χ0n) is 14.0. The van der Waals surface area contributed by atoms with Crippen LogP contribution in [0.2, 0.25) is 0 Å². The molecule has 27 heavy (non-hydrogen) atoms. The quantitative estimate of drug-likeness (QED) is 0.640. The van der Waals surface area contributed by atoms with Gasteiger partial charge in [0, 0.05) is 24.0 Å². The van der Waals surface area contributed by atoms with Gasteiger partial charge in [-0.3, -0.25) is 0 Å². The highest BCUT2D eigenvalue weighted by molar-refractivity contribution is 5.60. The molecule has 0 unspecified atom stereocenters. The largest absolute Gasteiger partial charge is 0.493 e. The third-order valence-corrected chi connectivity index (χ3v) is 3.30. The molecule has 6 nitrogen and oxygen atoms in total. The van der Waals surface area contributed by atoms with Crippen LogP contribution in [0.15, 0.2) is 54.7 Å². The highest BCUT2D eigenvalue weighted by Gasteiger charge is 2.12. The minimum atomic E-state index is -2.99. The lowest BCUT2D eigenvalue weighted by Gasteiger charge is -2.12. The molecule has 0 radical (unpaired) electrons. The third-order valence-electron chi connectivity index (χ3n) is 3.30. The molecule has 3 aromatic rings. The van der Waals surface area contributed by atoms with E-state index >= 15 is 0 Å². The molecule has 0 saturated carbocycles. The van der Waals surface area contributed by atoms with Crippen LogP contribution in [0.5, 0.6) is 23.1 Å². The first-order valence-electron chi connectivity index (χ1n) is 7.70. The van der Waals surface area contributed by atoms with E-state index in [1.54, 1.807) is 6.07 Å². The highest BCUT2D eigenvalue weighted by atomic mass is 19.3. The number of halogens is 3. The van der Waals surface area contributed by atoms with Crippen molar-refractivity contribution in [3.8, 4) is 23.1 Å². The monoisotopic (exact) mass is 377 g/mol. The molecule has 1 heterocycles. The van der Waals surface area contributed by atoms with Gasteiger partial charge in [-0.05, 0) is 36.4 Å². The first kappa shape index (κ1) is 18.3. The van der Waals surface area contributed by atoms with E-state index < -0.39 is 6.61 Å². The van der Waals surface area contributed by atoms with Gasteiger partial charge in [-0.2, -0.15) is 13.8 Å². The van der Waals surface area contributed by atoms with E-state index in [9.17, 15) is 13.2 Å². The molecule has 0 aliphatic heterocycles. The molecule has 0 aliphatic carbocycles. The standard InChI is InChI=1S/C18H14F3N3O3/c1-25-14-7-4-12(10-15(14)27-17(20)21)23-18-22-9-8-16(24-18)26-13-5-2-11(19)3-6-13/h2-10,17H,1H3,(H,22,23,24). The Labute approximate surface area is 152 Å². The van der Waals surface area contributed by atoms with Crippen molar-refractivity contribution >= 4 is 11.6 Å². The number of benzene rings is 2. The molecule has 0 saturated heterocycles. The van der Waals surface area contributed by atoms with E-state index in [1.807, 2.05) is 0 Å². The van der Waals surface area contributed by atoms with Crippen LogP contribution in [0, 0.1) is 5.82 Å². The Balaban J connectivity index is 1.76. The maximum absolute atomic E-state index is 12.9. The molecule has 2 aromatic carbocycles. The Hall–Kier alpha value is -3.49. The van der Waals surface area contributed by atoms with Crippen LogP contribution in [0.3, 0.4) is 0 Å². The van der Waals surface area contributed by atoms with Crippen molar-refractivity contribution in [1.82, 2.24) is 9.97 Å². The Kier molecular flexibility index (Phi) is 5.60. The molecule has 9 heteroatoms. The van der Waals surface area contributed by atoms with Gasteiger partial charge in [-0.15, -0.1) is 0 Å². The summed E-state index contributed by atoms with van der Waals surface area (Å²) in [5, 5.41) is 2.86. The van der Waals surface area contributed by atoms with Crippen LogP contribution < -0.4 is 19.5 Å². The number of hydrogen-bond acceptors (Lipinski definition) is 6. The number of nitrogens with one attached hydrogen (secondary N) is 1. The molecule has 1 aromatic heterocycles. The van der Waals surface area contributed by atoms with Crippen molar-refractivity contribution in [2.45, 2.75) is 6.61 Å². The van der Waals surface area contributed by atoms with Crippen LogP contribution in [-0.4, -0.2) is 23.7 Å². The summed E-state index contributed by atoms with van der Waals surface area (Å²) in [5.41, 5.74) is 0.408. The van der Waals surface area contributed by atoms with Gasteiger partial charge >= 0.3 is 6.61 Å². The Morgan fingerprint density at radius 3 is 2.48 bits per heavy atom. The molecule has 0 spiro atoms. The van der Waals surface area contributed by atoms with Crippen LogP contribution in [0.4, 0.5) is 24.8 Å². The summed E-state index contributed by atoms with van der Waals surface area (Å²) in [6, 6.07) is 11.4. The van der Waals surface area contributed by atoms with Crippen molar-refractivity contribution in [3.05, 3.63) is 60.5 Å². The highest BCUT2D eigenvalue weighted by Crippen LogP contribution is 2.32. The van der Waals surface area contributed by atoms with E-state index in [2.05, 4.69) is 20.0 Å². The van der Waals surface area contributed by atoms with Crippen LogP contribution >= 0.6 is 0 Å². The molecule has 3 rings (SSSR count). The average molecular weight is 377 g/mol. The normalized spacial score (nSPS) is 10.6. The van der Waals surface area contributed by atoms with Crippen molar-refractivity contribution in [3.63, 3.8) is 0 Å². The fourth-order valence-electron chi connectivity index (χ4n) is 2.15. The van der Waals surface area contributed by atoms with Crippen LogP contribution in [-0.2, 0) is 0 Å². The second-order valence-corrected chi connectivity index (χ2v) is 5.14. The summed E-state index contributed by atoms with van der Waals surface area (Å²) < 4.78 is 52.9. The second kappa shape index (κ2) is 8.26. The van der Waals surface area contributed by atoms with Crippen molar-refractivity contribution in [1.29, 1.82) is 0 Å². The molecule has 0 bridgehead atoms. The minimum absolute atomic E-state index is 0.129. The summed E-state index contributed by atoms with van der Waals surface area (Å²) >= 11 is 0. The minimum Gasteiger partial charge on any atom is -0.493 e. The van der Waals surface area contributed by atoms with E-state index in [0.29, 0.717) is 11.4 Å². The van der Waals surface area contributed by atoms with Crippen LogP contribution in [0.1, 0.15) is 0 Å². The van der Waals surface area contributed by atoms with Gasteiger partial charge in [0.2, 0.25) is 11.8 Å². The second-order valence-electron chi connectivity index (χ2n) is 5.14. The van der Waals surface area contributed by atoms with Gasteiger partial charge in [0.05, 0.1) is 7.11 Å². The lowest BCUT2D eigenvalue weighted by Crippen LogP contribution is -2.04. The molecule has 0 atom stereocenters. The van der Waals surface area contributed by atoms with Crippen molar-refractivity contribution in [2.24, 2.45) is 0 Å². The number of ether oxygens (including phenoxy) is 3. The topological polar surface area (TPSA) is 65.5 Å². The fraction of sp³-hybridized carbons (Fsp3) is 0.111. The number of nitrogens with zero attached hydrogens (tertiary/aromatic N) is 2. The first-order chi connectivity index (χ1) is 13.0. The van der Waals surface area contributed by atoms with E-state index in [0.717, 1.165) is 0 Å². The smallest absolute Gasteiger partial charge is 0.387 e. The molecular weight excluding hydrogens is 363 g/mol. The Bertz CT molecular complexity index is 908. The zero-order valence-corrected chi connectivity index (χ0v) is 14.0. The molecule has 0 fully saturated rings. The Morgan fingerprint density at radius 2 is 1.78 bits per heavy atom. The third kappa shape index (κ3) is 5.00. The zero-order chi connectivity index (χ0) is 19.2. The van der Waals surface area contributed by atoms with Gasteiger partial charge in [0.25, 0.3) is 0 Å². The SMILES string of the molecule is COc1ccc(Nc2nccc(Oc3ccc(F)cc3)n2)cc1OC(F)F. The van der Waals surface area contributed by atoms with Gasteiger partial charge in [-0.1, -0.05) is 0 Å².